The monoisotopic (exact) mass is 148 g/mol. The van der Waals surface area contributed by atoms with Gasteiger partial charge in [-0.1, -0.05) is 11.1 Å². The number of nitrogens with zero attached hydrogens (tertiary/aromatic N) is 2. The topological polar surface area (TPSA) is 58.9 Å². The maximum atomic E-state index is 10.6. The normalized spacial score (nSPS) is 12.2. The largest absolute Gasteiger partial charge is 0.294 e. The van der Waals surface area contributed by atoms with Gasteiger partial charge in [0.05, 0.1) is 4.91 Å². The van der Waals surface area contributed by atoms with Crippen molar-refractivity contribution in [2.75, 3.05) is 7.05 Å². The van der Waals surface area contributed by atoms with Crippen LogP contribution in [0, 0.1) is 0 Å². The molecule has 0 saturated carbocycles. The third-order valence-electron chi connectivity index (χ3n) is 0.629. The van der Waals surface area contributed by atoms with Crippen LogP contribution in [-0.2, 0) is 10.0 Å². The second-order valence-corrected chi connectivity index (χ2v) is 3.27. The smallest absolute Gasteiger partial charge is 0.198 e. The van der Waals surface area contributed by atoms with Crippen LogP contribution in [0.3, 0.4) is 0 Å². The Hall–Kier alpha value is -0.710. The molecule has 0 fully saturated rings. The van der Waals surface area contributed by atoms with E-state index in [-0.39, 0.29) is 4.91 Å². The lowest BCUT2D eigenvalue weighted by Crippen LogP contribution is -1.93. The van der Waals surface area contributed by atoms with E-state index in [1.54, 1.807) is 0 Å². The van der Waals surface area contributed by atoms with Gasteiger partial charge in [0.25, 0.3) is 10.0 Å². The van der Waals surface area contributed by atoms with E-state index in [9.17, 15) is 8.42 Å². The number of rotatable bonds is 2. The molecule has 5 heteroatoms. The SMILES string of the molecule is C=C(C)S(=O)(=O)N=NC. The molecular formula is C4H8N2O2S. The summed E-state index contributed by atoms with van der Waals surface area (Å²) in [6.45, 7) is 4.57. The molecule has 0 aliphatic carbocycles. The van der Waals surface area contributed by atoms with Crippen LogP contribution in [0.5, 0.6) is 0 Å². The maximum Gasteiger partial charge on any atom is 0.294 e. The zero-order chi connectivity index (χ0) is 7.49. The highest BCUT2D eigenvalue weighted by Gasteiger charge is 2.06. The molecule has 0 amide bonds. The third-order valence-corrected chi connectivity index (χ3v) is 1.89. The van der Waals surface area contributed by atoms with E-state index >= 15 is 0 Å². The van der Waals surface area contributed by atoms with Gasteiger partial charge >= 0.3 is 0 Å². The highest BCUT2D eigenvalue weighted by atomic mass is 32.2. The van der Waals surface area contributed by atoms with Gasteiger partial charge in [0, 0.05) is 7.05 Å². The van der Waals surface area contributed by atoms with Crippen LogP contribution in [0.1, 0.15) is 6.92 Å². The predicted octanol–water partition coefficient (Wildman–Crippen LogP) is 0.932. The second-order valence-electron chi connectivity index (χ2n) is 1.46. The van der Waals surface area contributed by atoms with Gasteiger partial charge in [0.15, 0.2) is 0 Å². The summed E-state index contributed by atoms with van der Waals surface area (Å²) in [6, 6.07) is 0. The quantitative estimate of drug-likeness (QED) is 0.547. The van der Waals surface area contributed by atoms with Crippen molar-refractivity contribution in [1.82, 2.24) is 0 Å². The lowest BCUT2D eigenvalue weighted by molar-refractivity contribution is 0.601. The molecule has 0 spiro atoms. The molecular weight excluding hydrogens is 140 g/mol. The Morgan fingerprint density at radius 2 is 2.00 bits per heavy atom. The van der Waals surface area contributed by atoms with E-state index in [2.05, 4.69) is 16.2 Å². The van der Waals surface area contributed by atoms with Crippen LogP contribution in [0.15, 0.2) is 21.1 Å². The highest BCUT2D eigenvalue weighted by molar-refractivity contribution is 7.93. The molecule has 4 nitrogen and oxygen atoms in total. The first-order valence-electron chi connectivity index (χ1n) is 2.22. The zero-order valence-corrected chi connectivity index (χ0v) is 6.14. The molecule has 0 bridgehead atoms. The number of allylic oxidation sites excluding steroid dienone is 1. The van der Waals surface area contributed by atoms with Crippen molar-refractivity contribution in [3.63, 3.8) is 0 Å². The summed E-state index contributed by atoms with van der Waals surface area (Å²) in [7, 11) is -2.19. The van der Waals surface area contributed by atoms with E-state index in [1.165, 1.54) is 14.0 Å². The fourth-order valence-corrected chi connectivity index (χ4v) is 0.532. The highest BCUT2D eigenvalue weighted by Crippen LogP contribution is 2.03. The number of sulfonamides is 1. The van der Waals surface area contributed by atoms with Crippen molar-refractivity contribution in [1.29, 1.82) is 0 Å². The van der Waals surface area contributed by atoms with Crippen molar-refractivity contribution >= 4 is 10.0 Å². The standard InChI is InChI=1S/C4H8N2O2S/c1-4(2)9(7,8)6-5-3/h1H2,2-3H3. The first kappa shape index (κ1) is 8.29. The Balaban J connectivity index is 4.63. The van der Waals surface area contributed by atoms with E-state index in [1.807, 2.05) is 0 Å². The fraction of sp³-hybridized carbons (Fsp3) is 0.500. The molecule has 0 aromatic rings. The summed E-state index contributed by atoms with van der Waals surface area (Å²) >= 11 is 0. The first-order valence-corrected chi connectivity index (χ1v) is 3.66. The number of hydrogen-bond acceptors (Lipinski definition) is 3. The van der Waals surface area contributed by atoms with Gasteiger partial charge in [-0.2, -0.15) is 13.5 Å². The summed E-state index contributed by atoms with van der Waals surface area (Å²) in [5.41, 5.74) is 0. The molecule has 0 N–H and O–H groups in total. The minimum Gasteiger partial charge on any atom is -0.198 e. The molecule has 0 rings (SSSR count). The Labute approximate surface area is 54.4 Å². The molecule has 0 unspecified atom stereocenters. The Bertz CT molecular complexity index is 227. The van der Waals surface area contributed by atoms with Crippen LogP contribution in [0.25, 0.3) is 0 Å². The maximum absolute atomic E-state index is 10.6. The fourth-order valence-electron chi connectivity index (χ4n) is 0.177. The van der Waals surface area contributed by atoms with Crippen molar-refractivity contribution in [2.24, 2.45) is 9.63 Å². The van der Waals surface area contributed by atoms with Crippen LogP contribution in [-0.4, -0.2) is 15.5 Å². The van der Waals surface area contributed by atoms with Gasteiger partial charge in [-0.15, -0.1) is 0 Å². The summed E-state index contributed by atoms with van der Waals surface area (Å²) in [4.78, 5) is 0.00750. The third kappa shape index (κ3) is 2.36. The molecule has 0 radical (unpaired) electrons. The van der Waals surface area contributed by atoms with Crippen molar-refractivity contribution in [3.05, 3.63) is 11.5 Å². The molecule has 9 heavy (non-hydrogen) atoms. The number of hydrogen-bond donors (Lipinski definition) is 0. The van der Waals surface area contributed by atoms with Gasteiger partial charge in [-0.05, 0) is 6.92 Å². The summed E-state index contributed by atoms with van der Waals surface area (Å²) in [5, 5.41) is 3.10. The second kappa shape index (κ2) is 2.72. The van der Waals surface area contributed by atoms with Gasteiger partial charge in [0.2, 0.25) is 0 Å². The average Bonchev–Trinajstić information content (AvgIpc) is 1.65. The minimum atomic E-state index is -3.48. The molecule has 0 aliphatic rings. The molecule has 0 heterocycles. The molecule has 0 atom stereocenters. The molecule has 52 valence electrons. The summed E-state index contributed by atoms with van der Waals surface area (Å²) < 4.78 is 24.1. The van der Waals surface area contributed by atoms with E-state index < -0.39 is 10.0 Å². The van der Waals surface area contributed by atoms with Crippen molar-refractivity contribution < 1.29 is 8.42 Å². The Kier molecular flexibility index (Phi) is 2.51. The van der Waals surface area contributed by atoms with Gasteiger partial charge in [0.1, 0.15) is 0 Å². The molecule has 0 aromatic carbocycles. The molecule has 0 aliphatic heterocycles. The zero-order valence-electron chi connectivity index (χ0n) is 5.33. The van der Waals surface area contributed by atoms with Crippen LogP contribution < -0.4 is 0 Å². The molecule has 0 aromatic heterocycles. The summed E-state index contributed by atoms with van der Waals surface area (Å²) in [5.74, 6) is 0. The van der Waals surface area contributed by atoms with Crippen molar-refractivity contribution in [3.8, 4) is 0 Å². The van der Waals surface area contributed by atoms with Crippen LogP contribution in [0.2, 0.25) is 0 Å². The Morgan fingerprint density at radius 3 is 2.11 bits per heavy atom. The van der Waals surface area contributed by atoms with Crippen LogP contribution >= 0.6 is 0 Å². The average molecular weight is 148 g/mol. The Morgan fingerprint density at radius 1 is 1.56 bits per heavy atom. The van der Waals surface area contributed by atoms with E-state index in [0.717, 1.165) is 0 Å². The lowest BCUT2D eigenvalue weighted by Gasteiger charge is -1.89. The first-order chi connectivity index (χ1) is 4.00. The predicted molar refractivity (Wildman–Crippen MR) is 34.5 cm³/mol. The van der Waals surface area contributed by atoms with Gasteiger partial charge < -0.3 is 0 Å². The van der Waals surface area contributed by atoms with Gasteiger partial charge in [-0.25, -0.2) is 0 Å². The molecule has 0 saturated heterocycles. The minimum absolute atomic E-state index is 0.00750. The van der Waals surface area contributed by atoms with E-state index in [0.29, 0.717) is 0 Å². The van der Waals surface area contributed by atoms with E-state index in [4.69, 9.17) is 0 Å². The van der Waals surface area contributed by atoms with Crippen molar-refractivity contribution in [2.45, 2.75) is 6.92 Å². The lowest BCUT2D eigenvalue weighted by atomic mass is 10.8. The summed E-state index contributed by atoms with van der Waals surface area (Å²) in [6.07, 6.45) is 0. The van der Waals surface area contributed by atoms with Gasteiger partial charge in [-0.3, -0.25) is 0 Å². The van der Waals surface area contributed by atoms with Crippen LogP contribution in [0.4, 0.5) is 0 Å².